The van der Waals surface area contributed by atoms with Crippen molar-refractivity contribution in [2.24, 2.45) is 0 Å². The van der Waals surface area contributed by atoms with Crippen LogP contribution in [0.15, 0.2) is 32.4 Å². The Morgan fingerprint density at radius 3 is 2.68 bits per heavy atom. The van der Waals surface area contributed by atoms with E-state index < -0.39 is 10.0 Å². The Morgan fingerprint density at radius 1 is 1.37 bits per heavy atom. The first-order valence-electron chi connectivity index (χ1n) is 5.42. The van der Waals surface area contributed by atoms with E-state index in [4.69, 9.17) is 4.52 Å². The van der Waals surface area contributed by atoms with E-state index in [2.05, 4.69) is 30.8 Å². The molecule has 1 N–H and O–H groups in total. The second-order valence-corrected chi connectivity index (χ2v) is 6.65. The number of nitrogens with zero attached hydrogens (tertiary/aromatic N) is 2. The Kier molecular flexibility index (Phi) is 4.02. The van der Waals surface area contributed by atoms with Gasteiger partial charge in [0.15, 0.2) is 0 Å². The molecule has 0 radical (unpaired) electrons. The zero-order valence-electron chi connectivity index (χ0n) is 10.3. The van der Waals surface area contributed by atoms with Gasteiger partial charge in [-0.05, 0) is 35.8 Å². The Labute approximate surface area is 119 Å². The molecule has 0 saturated carbocycles. The van der Waals surface area contributed by atoms with E-state index in [0.717, 1.165) is 5.56 Å². The van der Waals surface area contributed by atoms with Crippen molar-refractivity contribution in [3.05, 3.63) is 40.0 Å². The summed E-state index contributed by atoms with van der Waals surface area (Å²) in [6.45, 7) is 3.64. The molecule has 2 rings (SSSR count). The number of aromatic nitrogens is 2. The Hall–Kier alpha value is -1.25. The lowest BCUT2D eigenvalue weighted by Crippen LogP contribution is -2.23. The number of nitrogens with one attached hydrogen (secondary N) is 1. The highest BCUT2D eigenvalue weighted by atomic mass is 79.9. The molecule has 0 aliphatic rings. The fourth-order valence-corrected chi connectivity index (χ4v) is 3.04. The molecule has 0 spiro atoms. The first kappa shape index (κ1) is 14.2. The van der Waals surface area contributed by atoms with Gasteiger partial charge in [-0.1, -0.05) is 5.16 Å². The maximum absolute atomic E-state index is 12.1. The van der Waals surface area contributed by atoms with Crippen molar-refractivity contribution >= 4 is 26.0 Å². The Bertz CT molecular complexity index is 677. The summed E-state index contributed by atoms with van der Waals surface area (Å²) in [6, 6.07) is 1.49. The van der Waals surface area contributed by atoms with Crippen LogP contribution in [-0.2, 0) is 16.6 Å². The number of halogens is 1. The van der Waals surface area contributed by atoms with E-state index in [9.17, 15) is 8.42 Å². The highest BCUT2D eigenvalue weighted by Gasteiger charge is 2.17. The van der Waals surface area contributed by atoms with Gasteiger partial charge < -0.3 is 4.52 Å². The van der Waals surface area contributed by atoms with E-state index in [1.54, 1.807) is 13.8 Å². The summed E-state index contributed by atoms with van der Waals surface area (Å²) in [5.74, 6) is 0.604. The summed E-state index contributed by atoms with van der Waals surface area (Å²) >= 11 is 3.19. The summed E-state index contributed by atoms with van der Waals surface area (Å²) in [7, 11) is -3.60. The maximum atomic E-state index is 12.1. The van der Waals surface area contributed by atoms with Crippen molar-refractivity contribution < 1.29 is 12.9 Å². The molecule has 0 aliphatic carbocycles. The molecule has 8 heteroatoms. The minimum Gasteiger partial charge on any atom is -0.361 e. The SMILES string of the molecule is Cc1noc(C)c1CNS(=O)(=O)c1cncc(Br)c1. The number of hydrogen-bond donors (Lipinski definition) is 1. The van der Waals surface area contributed by atoms with E-state index >= 15 is 0 Å². The molecule has 102 valence electrons. The number of aryl methyl sites for hydroxylation is 2. The third-order valence-electron chi connectivity index (χ3n) is 2.61. The molecule has 0 amide bonds. The summed E-state index contributed by atoms with van der Waals surface area (Å²) in [5, 5.41) is 3.77. The summed E-state index contributed by atoms with van der Waals surface area (Å²) in [5.41, 5.74) is 1.42. The number of hydrogen-bond acceptors (Lipinski definition) is 5. The molecule has 0 bridgehead atoms. The van der Waals surface area contributed by atoms with Crippen LogP contribution >= 0.6 is 15.9 Å². The second-order valence-electron chi connectivity index (χ2n) is 3.97. The molecule has 6 nitrogen and oxygen atoms in total. The standard InChI is InChI=1S/C11H12BrN3O3S/c1-7-11(8(2)18-15-7)6-14-19(16,17)10-3-9(12)4-13-5-10/h3-5,14H,6H2,1-2H3. The number of pyridine rings is 1. The van der Waals surface area contributed by atoms with Crippen molar-refractivity contribution in [2.45, 2.75) is 25.3 Å². The third-order valence-corrected chi connectivity index (χ3v) is 4.41. The lowest BCUT2D eigenvalue weighted by molar-refractivity contribution is 0.392. The minimum atomic E-state index is -3.60. The average molecular weight is 346 g/mol. The van der Waals surface area contributed by atoms with Crippen LogP contribution in [0.5, 0.6) is 0 Å². The van der Waals surface area contributed by atoms with E-state index in [1.807, 2.05) is 0 Å². The summed E-state index contributed by atoms with van der Waals surface area (Å²) in [4.78, 5) is 3.94. The van der Waals surface area contributed by atoms with Gasteiger partial charge in [-0.3, -0.25) is 4.98 Å². The summed E-state index contributed by atoms with van der Waals surface area (Å²) < 4.78 is 32.2. The van der Waals surface area contributed by atoms with Crippen LogP contribution in [0.2, 0.25) is 0 Å². The summed E-state index contributed by atoms with van der Waals surface area (Å²) in [6.07, 6.45) is 2.81. The largest absolute Gasteiger partial charge is 0.361 e. The molecule has 0 aromatic carbocycles. The maximum Gasteiger partial charge on any atom is 0.242 e. The highest BCUT2D eigenvalue weighted by molar-refractivity contribution is 9.10. The van der Waals surface area contributed by atoms with E-state index in [1.165, 1.54) is 18.5 Å². The molecule has 0 fully saturated rings. The molecule has 2 aromatic heterocycles. The Balaban J connectivity index is 2.19. The fraction of sp³-hybridized carbons (Fsp3) is 0.273. The molecule has 2 heterocycles. The van der Waals surface area contributed by atoms with Crippen LogP contribution in [0, 0.1) is 13.8 Å². The monoisotopic (exact) mass is 345 g/mol. The average Bonchev–Trinajstić information content (AvgIpc) is 2.67. The lowest BCUT2D eigenvalue weighted by atomic mass is 10.2. The zero-order chi connectivity index (χ0) is 14.0. The van der Waals surface area contributed by atoms with Crippen LogP contribution in [-0.4, -0.2) is 18.6 Å². The quantitative estimate of drug-likeness (QED) is 0.914. The molecule has 19 heavy (non-hydrogen) atoms. The predicted molar refractivity (Wildman–Crippen MR) is 71.9 cm³/mol. The zero-order valence-corrected chi connectivity index (χ0v) is 12.7. The Morgan fingerprint density at radius 2 is 2.11 bits per heavy atom. The third kappa shape index (κ3) is 3.20. The molecule has 0 aliphatic heterocycles. The van der Waals surface area contributed by atoms with Gasteiger partial charge in [-0.25, -0.2) is 13.1 Å². The van der Waals surface area contributed by atoms with Gasteiger partial charge in [-0.15, -0.1) is 0 Å². The van der Waals surface area contributed by atoms with Gasteiger partial charge in [0.1, 0.15) is 10.7 Å². The second kappa shape index (κ2) is 5.40. The van der Waals surface area contributed by atoms with Crippen molar-refractivity contribution in [1.82, 2.24) is 14.9 Å². The molecule has 0 atom stereocenters. The van der Waals surface area contributed by atoms with Gasteiger partial charge in [-0.2, -0.15) is 0 Å². The van der Waals surface area contributed by atoms with Crippen molar-refractivity contribution in [1.29, 1.82) is 0 Å². The van der Waals surface area contributed by atoms with Crippen LogP contribution < -0.4 is 4.72 Å². The molecule has 2 aromatic rings. The van der Waals surface area contributed by atoms with Crippen LogP contribution in [0.25, 0.3) is 0 Å². The van der Waals surface area contributed by atoms with Crippen LogP contribution in [0.1, 0.15) is 17.0 Å². The minimum absolute atomic E-state index is 0.105. The first-order chi connectivity index (χ1) is 8.90. The number of sulfonamides is 1. The fourth-order valence-electron chi connectivity index (χ4n) is 1.54. The van der Waals surface area contributed by atoms with Gasteiger partial charge in [0.25, 0.3) is 0 Å². The van der Waals surface area contributed by atoms with Crippen molar-refractivity contribution in [3.63, 3.8) is 0 Å². The van der Waals surface area contributed by atoms with Gasteiger partial charge >= 0.3 is 0 Å². The predicted octanol–water partition coefficient (Wildman–Crippen LogP) is 1.93. The number of rotatable bonds is 4. The first-order valence-corrected chi connectivity index (χ1v) is 7.70. The van der Waals surface area contributed by atoms with Gasteiger partial charge in [0, 0.05) is 29.0 Å². The van der Waals surface area contributed by atoms with Crippen molar-refractivity contribution in [3.8, 4) is 0 Å². The van der Waals surface area contributed by atoms with Crippen LogP contribution in [0.3, 0.4) is 0 Å². The molecular formula is C11H12BrN3O3S. The molecular weight excluding hydrogens is 334 g/mol. The lowest BCUT2D eigenvalue weighted by Gasteiger charge is -2.06. The normalized spacial score (nSPS) is 11.7. The van der Waals surface area contributed by atoms with Gasteiger partial charge in [0.2, 0.25) is 10.0 Å². The van der Waals surface area contributed by atoms with E-state index in [-0.39, 0.29) is 11.4 Å². The highest BCUT2D eigenvalue weighted by Crippen LogP contribution is 2.16. The molecule has 0 unspecified atom stereocenters. The topological polar surface area (TPSA) is 85.1 Å². The van der Waals surface area contributed by atoms with Crippen LogP contribution in [0.4, 0.5) is 0 Å². The van der Waals surface area contributed by atoms with Gasteiger partial charge in [0.05, 0.1) is 5.69 Å². The van der Waals surface area contributed by atoms with E-state index in [0.29, 0.717) is 15.9 Å². The molecule has 0 saturated heterocycles. The smallest absolute Gasteiger partial charge is 0.242 e. The van der Waals surface area contributed by atoms with Crippen molar-refractivity contribution in [2.75, 3.05) is 0 Å².